The van der Waals surface area contributed by atoms with Gasteiger partial charge in [-0.2, -0.15) is 0 Å². The average molecular weight is 441 g/mol. The lowest BCUT2D eigenvalue weighted by molar-refractivity contribution is -0.0959. The SMILES string of the molecule is CC(C)(C)OC(=O)N1CCC1OC(=O)N1CCc2ccccc2[C@]1(C)c1ccc(F)cc1. The zero-order valence-electron chi connectivity index (χ0n) is 18.9. The van der Waals surface area contributed by atoms with Crippen molar-refractivity contribution in [2.75, 3.05) is 13.1 Å². The minimum atomic E-state index is -0.833. The Morgan fingerprint density at radius 3 is 2.34 bits per heavy atom. The molecule has 1 fully saturated rings. The lowest BCUT2D eigenvalue weighted by Gasteiger charge is -2.47. The predicted octanol–water partition coefficient (Wildman–Crippen LogP) is 5.05. The molecule has 2 aliphatic rings. The van der Waals surface area contributed by atoms with Crippen molar-refractivity contribution in [2.45, 2.75) is 57.9 Å². The fourth-order valence-electron chi connectivity index (χ4n) is 4.37. The average Bonchev–Trinajstić information content (AvgIpc) is 2.70. The van der Waals surface area contributed by atoms with Crippen LogP contribution in [-0.2, 0) is 21.4 Å². The van der Waals surface area contributed by atoms with E-state index >= 15 is 0 Å². The van der Waals surface area contributed by atoms with Gasteiger partial charge in [0, 0.05) is 19.5 Å². The number of hydrogen-bond acceptors (Lipinski definition) is 4. The Morgan fingerprint density at radius 1 is 1.03 bits per heavy atom. The van der Waals surface area contributed by atoms with Gasteiger partial charge in [0.2, 0.25) is 0 Å². The first-order chi connectivity index (χ1) is 15.1. The van der Waals surface area contributed by atoms with E-state index < -0.39 is 29.6 Å². The molecule has 0 aliphatic carbocycles. The number of rotatable bonds is 2. The molecule has 4 rings (SSSR count). The fraction of sp³-hybridized carbons (Fsp3) is 0.440. The second kappa shape index (κ2) is 8.11. The molecule has 0 radical (unpaired) electrons. The topological polar surface area (TPSA) is 59.1 Å². The van der Waals surface area contributed by atoms with Crippen molar-refractivity contribution in [3.8, 4) is 0 Å². The Kier molecular flexibility index (Phi) is 5.61. The molecule has 0 N–H and O–H groups in total. The summed E-state index contributed by atoms with van der Waals surface area (Å²) in [4.78, 5) is 28.9. The number of hydrogen-bond donors (Lipinski definition) is 0. The van der Waals surface area contributed by atoms with Crippen LogP contribution < -0.4 is 0 Å². The number of likely N-dealkylation sites (tertiary alicyclic amines) is 1. The van der Waals surface area contributed by atoms with Crippen molar-refractivity contribution < 1.29 is 23.5 Å². The fourth-order valence-corrected chi connectivity index (χ4v) is 4.37. The van der Waals surface area contributed by atoms with Crippen LogP contribution in [0, 0.1) is 5.82 Å². The monoisotopic (exact) mass is 440 g/mol. The molecule has 1 unspecified atom stereocenters. The van der Waals surface area contributed by atoms with E-state index in [9.17, 15) is 14.0 Å². The normalized spacial score (nSPS) is 22.6. The van der Waals surface area contributed by atoms with E-state index in [0.29, 0.717) is 25.9 Å². The number of carbonyl (C=O) groups excluding carboxylic acids is 2. The Hall–Kier alpha value is -3.09. The molecule has 0 bridgehead atoms. The van der Waals surface area contributed by atoms with Crippen LogP contribution in [-0.4, -0.2) is 46.9 Å². The molecule has 2 heterocycles. The van der Waals surface area contributed by atoms with E-state index in [1.165, 1.54) is 17.0 Å². The number of nitrogens with zero attached hydrogens (tertiary/aromatic N) is 2. The first kappa shape index (κ1) is 22.1. The van der Waals surface area contributed by atoms with Crippen LogP contribution in [0.5, 0.6) is 0 Å². The van der Waals surface area contributed by atoms with Crippen LogP contribution in [0.3, 0.4) is 0 Å². The van der Waals surface area contributed by atoms with E-state index in [-0.39, 0.29) is 5.82 Å². The number of benzene rings is 2. The van der Waals surface area contributed by atoms with E-state index in [1.807, 2.05) is 25.1 Å². The summed E-state index contributed by atoms with van der Waals surface area (Å²) in [6.45, 7) is 8.26. The largest absolute Gasteiger partial charge is 0.444 e. The molecule has 0 spiro atoms. The molecule has 2 atom stereocenters. The minimum Gasteiger partial charge on any atom is -0.444 e. The maximum Gasteiger partial charge on any atom is 0.413 e. The lowest BCUT2D eigenvalue weighted by atomic mass is 9.77. The van der Waals surface area contributed by atoms with Gasteiger partial charge < -0.3 is 9.47 Å². The van der Waals surface area contributed by atoms with E-state index in [1.54, 1.807) is 37.8 Å². The third kappa shape index (κ3) is 4.04. The summed E-state index contributed by atoms with van der Waals surface area (Å²) < 4.78 is 24.8. The molecule has 170 valence electrons. The Bertz CT molecular complexity index is 1020. The van der Waals surface area contributed by atoms with Crippen LogP contribution in [0.15, 0.2) is 48.5 Å². The van der Waals surface area contributed by atoms with Crippen molar-refractivity contribution in [1.82, 2.24) is 9.80 Å². The van der Waals surface area contributed by atoms with Gasteiger partial charge in [0.15, 0.2) is 6.23 Å². The Morgan fingerprint density at radius 2 is 1.72 bits per heavy atom. The molecule has 2 aliphatic heterocycles. The predicted molar refractivity (Wildman–Crippen MR) is 118 cm³/mol. The van der Waals surface area contributed by atoms with Crippen LogP contribution in [0.4, 0.5) is 14.0 Å². The Labute approximate surface area is 187 Å². The van der Waals surface area contributed by atoms with Gasteiger partial charge in [-0.1, -0.05) is 36.4 Å². The second-order valence-corrected chi connectivity index (χ2v) is 9.44. The highest BCUT2D eigenvalue weighted by Crippen LogP contribution is 2.41. The molecular weight excluding hydrogens is 411 g/mol. The molecule has 32 heavy (non-hydrogen) atoms. The van der Waals surface area contributed by atoms with Crippen molar-refractivity contribution >= 4 is 12.2 Å². The summed E-state index contributed by atoms with van der Waals surface area (Å²) >= 11 is 0. The van der Waals surface area contributed by atoms with Gasteiger partial charge in [0.1, 0.15) is 11.4 Å². The number of fused-ring (bicyclic) bond motifs is 1. The molecule has 6 nitrogen and oxygen atoms in total. The third-order valence-corrected chi connectivity index (χ3v) is 6.14. The van der Waals surface area contributed by atoms with Crippen molar-refractivity contribution in [2.24, 2.45) is 0 Å². The molecule has 2 aromatic rings. The van der Waals surface area contributed by atoms with Gasteiger partial charge in [-0.05, 0) is 62.9 Å². The molecule has 7 heteroatoms. The van der Waals surface area contributed by atoms with Gasteiger partial charge in [-0.25, -0.2) is 14.0 Å². The van der Waals surface area contributed by atoms with E-state index in [0.717, 1.165) is 16.7 Å². The first-order valence-corrected chi connectivity index (χ1v) is 10.9. The summed E-state index contributed by atoms with van der Waals surface area (Å²) in [5.74, 6) is -0.335. The zero-order chi connectivity index (χ0) is 23.1. The molecule has 2 aromatic carbocycles. The number of ether oxygens (including phenoxy) is 2. The minimum absolute atomic E-state index is 0.335. The van der Waals surface area contributed by atoms with Gasteiger partial charge in [0.05, 0.1) is 5.54 Å². The number of carbonyl (C=O) groups is 2. The zero-order valence-corrected chi connectivity index (χ0v) is 18.9. The van der Waals surface area contributed by atoms with Crippen molar-refractivity contribution in [1.29, 1.82) is 0 Å². The smallest absolute Gasteiger partial charge is 0.413 e. The lowest BCUT2D eigenvalue weighted by Crippen LogP contribution is -2.58. The molecular formula is C25H29FN2O4. The summed E-state index contributed by atoms with van der Waals surface area (Å²) in [5.41, 5.74) is 1.45. The molecule has 0 aromatic heterocycles. The van der Waals surface area contributed by atoms with Crippen LogP contribution in [0.1, 0.15) is 50.8 Å². The highest BCUT2D eigenvalue weighted by atomic mass is 19.1. The Balaban J connectivity index is 1.60. The van der Waals surface area contributed by atoms with Crippen LogP contribution >= 0.6 is 0 Å². The number of amides is 2. The number of halogens is 1. The van der Waals surface area contributed by atoms with Gasteiger partial charge in [-0.15, -0.1) is 0 Å². The van der Waals surface area contributed by atoms with E-state index in [4.69, 9.17) is 9.47 Å². The van der Waals surface area contributed by atoms with Crippen LogP contribution in [0.2, 0.25) is 0 Å². The quantitative estimate of drug-likeness (QED) is 0.656. The summed E-state index contributed by atoms with van der Waals surface area (Å²) in [6, 6.07) is 14.2. The third-order valence-electron chi connectivity index (χ3n) is 6.14. The molecule has 0 saturated carbocycles. The van der Waals surface area contributed by atoms with Gasteiger partial charge in [0.25, 0.3) is 0 Å². The van der Waals surface area contributed by atoms with Gasteiger partial charge in [-0.3, -0.25) is 9.80 Å². The maximum absolute atomic E-state index is 13.6. The van der Waals surface area contributed by atoms with E-state index in [2.05, 4.69) is 6.07 Å². The standard InChI is InChI=1S/C25H29FN2O4/c1-24(2,3)32-22(29)27-15-14-21(27)31-23(30)28-16-13-17-7-5-6-8-20(17)25(28,4)18-9-11-19(26)12-10-18/h5-12,21H,13-16H2,1-4H3/t21?,25-/m0/s1. The first-order valence-electron chi connectivity index (χ1n) is 10.9. The van der Waals surface area contributed by atoms with Crippen molar-refractivity contribution in [3.63, 3.8) is 0 Å². The summed E-state index contributed by atoms with van der Waals surface area (Å²) in [5, 5.41) is 0. The van der Waals surface area contributed by atoms with Crippen LogP contribution in [0.25, 0.3) is 0 Å². The van der Waals surface area contributed by atoms with Gasteiger partial charge >= 0.3 is 12.2 Å². The van der Waals surface area contributed by atoms with Crippen molar-refractivity contribution in [3.05, 3.63) is 71.0 Å². The highest BCUT2D eigenvalue weighted by molar-refractivity contribution is 5.73. The second-order valence-electron chi connectivity index (χ2n) is 9.44. The highest BCUT2D eigenvalue weighted by Gasteiger charge is 2.46. The summed E-state index contributed by atoms with van der Waals surface area (Å²) in [7, 11) is 0. The summed E-state index contributed by atoms with van der Waals surface area (Å²) in [6.07, 6.45) is -0.422. The maximum atomic E-state index is 13.6. The molecule has 1 saturated heterocycles. The molecule has 2 amide bonds.